The topological polar surface area (TPSA) is 68.5 Å². The number of ether oxygens (including phenoxy) is 1. The average Bonchev–Trinajstić information content (AvgIpc) is 3.00. The molecule has 3 rings (SSSR count). The number of pyridine rings is 1. The summed E-state index contributed by atoms with van der Waals surface area (Å²) in [5.74, 6) is 0.754. The SMILES string of the molecule is N[C@H]1CCN(C(=O)c2ccc(OCc3ccccn3)cc2)C1. The number of hydrogen-bond donors (Lipinski definition) is 1. The zero-order chi connectivity index (χ0) is 15.4. The van der Waals surface area contributed by atoms with E-state index in [1.54, 1.807) is 23.2 Å². The number of nitrogens with zero attached hydrogens (tertiary/aromatic N) is 2. The third-order valence-electron chi connectivity index (χ3n) is 3.73. The van der Waals surface area contributed by atoms with Gasteiger partial charge in [0.15, 0.2) is 0 Å². The van der Waals surface area contributed by atoms with E-state index in [-0.39, 0.29) is 11.9 Å². The Kier molecular flexibility index (Phi) is 4.34. The van der Waals surface area contributed by atoms with Gasteiger partial charge in [-0.3, -0.25) is 9.78 Å². The van der Waals surface area contributed by atoms with Crippen molar-refractivity contribution in [1.82, 2.24) is 9.88 Å². The van der Waals surface area contributed by atoms with Gasteiger partial charge in [-0.15, -0.1) is 0 Å². The molecule has 0 spiro atoms. The van der Waals surface area contributed by atoms with Gasteiger partial charge in [0.1, 0.15) is 12.4 Å². The zero-order valence-corrected chi connectivity index (χ0v) is 12.3. The third-order valence-corrected chi connectivity index (χ3v) is 3.73. The lowest BCUT2D eigenvalue weighted by Gasteiger charge is -2.16. The Balaban J connectivity index is 1.59. The molecule has 1 amide bonds. The van der Waals surface area contributed by atoms with Crippen molar-refractivity contribution in [1.29, 1.82) is 0 Å². The first-order valence-electron chi connectivity index (χ1n) is 7.40. The zero-order valence-electron chi connectivity index (χ0n) is 12.3. The molecule has 0 aliphatic carbocycles. The molecule has 1 aliphatic rings. The molecule has 1 aliphatic heterocycles. The van der Waals surface area contributed by atoms with E-state index in [2.05, 4.69) is 4.98 Å². The lowest BCUT2D eigenvalue weighted by atomic mass is 10.2. The van der Waals surface area contributed by atoms with E-state index in [0.717, 1.165) is 24.4 Å². The van der Waals surface area contributed by atoms with Crippen LogP contribution in [0.2, 0.25) is 0 Å². The van der Waals surface area contributed by atoms with Gasteiger partial charge in [0.2, 0.25) is 0 Å². The van der Waals surface area contributed by atoms with Crippen molar-refractivity contribution in [2.75, 3.05) is 13.1 Å². The van der Waals surface area contributed by atoms with Crippen LogP contribution in [0.1, 0.15) is 22.5 Å². The van der Waals surface area contributed by atoms with Gasteiger partial charge in [-0.05, 0) is 42.8 Å². The van der Waals surface area contributed by atoms with E-state index in [9.17, 15) is 4.79 Å². The summed E-state index contributed by atoms with van der Waals surface area (Å²) in [6.07, 6.45) is 2.61. The van der Waals surface area contributed by atoms with Crippen LogP contribution in [-0.4, -0.2) is 34.9 Å². The number of carbonyl (C=O) groups excluding carboxylic acids is 1. The lowest BCUT2D eigenvalue weighted by Crippen LogP contribution is -2.31. The number of likely N-dealkylation sites (tertiary alicyclic amines) is 1. The fraction of sp³-hybridized carbons (Fsp3) is 0.294. The predicted octanol–water partition coefficient (Wildman–Crippen LogP) is 1.83. The van der Waals surface area contributed by atoms with Gasteiger partial charge in [0.25, 0.3) is 5.91 Å². The van der Waals surface area contributed by atoms with Crippen LogP contribution in [-0.2, 0) is 6.61 Å². The second kappa shape index (κ2) is 6.58. The normalized spacial score (nSPS) is 17.5. The van der Waals surface area contributed by atoms with Gasteiger partial charge < -0.3 is 15.4 Å². The molecule has 5 nitrogen and oxygen atoms in total. The van der Waals surface area contributed by atoms with Crippen LogP contribution in [0.4, 0.5) is 0 Å². The maximum atomic E-state index is 12.3. The molecule has 0 radical (unpaired) electrons. The van der Waals surface area contributed by atoms with Crippen molar-refractivity contribution in [2.24, 2.45) is 5.73 Å². The van der Waals surface area contributed by atoms with Crippen LogP contribution in [0.15, 0.2) is 48.7 Å². The Morgan fingerprint density at radius 2 is 2.09 bits per heavy atom. The molecule has 2 N–H and O–H groups in total. The first-order chi connectivity index (χ1) is 10.7. The van der Waals surface area contributed by atoms with Crippen molar-refractivity contribution >= 4 is 5.91 Å². The first-order valence-corrected chi connectivity index (χ1v) is 7.40. The molecule has 22 heavy (non-hydrogen) atoms. The number of nitrogens with two attached hydrogens (primary N) is 1. The molecule has 0 saturated carbocycles. The molecule has 1 fully saturated rings. The largest absolute Gasteiger partial charge is 0.487 e. The Morgan fingerprint density at radius 3 is 2.73 bits per heavy atom. The van der Waals surface area contributed by atoms with Crippen LogP contribution in [0.25, 0.3) is 0 Å². The Morgan fingerprint density at radius 1 is 1.27 bits per heavy atom. The van der Waals surface area contributed by atoms with Gasteiger partial charge in [-0.2, -0.15) is 0 Å². The van der Waals surface area contributed by atoms with Crippen molar-refractivity contribution in [2.45, 2.75) is 19.1 Å². The van der Waals surface area contributed by atoms with E-state index in [1.165, 1.54) is 0 Å². The van der Waals surface area contributed by atoms with Crippen LogP contribution in [0, 0.1) is 0 Å². The van der Waals surface area contributed by atoms with Crippen molar-refractivity contribution < 1.29 is 9.53 Å². The minimum Gasteiger partial charge on any atom is -0.487 e. The fourth-order valence-electron chi connectivity index (χ4n) is 2.49. The maximum Gasteiger partial charge on any atom is 0.253 e. The molecule has 0 unspecified atom stereocenters. The number of carbonyl (C=O) groups is 1. The van der Waals surface area contributed by atoms with Crippen LogP contribution >= 0.6 is 0 Å². The molecule has 2 heterocycles. The molecule has 5 heteroatoms. The molecule has 2 aromatic rings. The summed E-state index contributed by atoms with van der Waals surface area (Å²) in [6.45, 7) is 1.78. The summed E-state index contributed by atoms with van der Waals surface area (Å²) in [4.78, 5) is 18.3. The summed E-state index contributed by atoms with van der Waals surface area (Å²) in [5.41, 5.74) is 7.38. The molecule has 114 valence electrons. The van der Waals surface area contributed by atoms with Gasteiger partial charge in [0.05, 0.1) is 5.69 Å². The van der Waals surface area contributed by atoms with E-state index in [4.69, 9.17) is 10.5 Å². The number of aromatic nitrogens is 1. The highest BCUT2D eigenvalue weighted by atomic mass is 16.5. The van der Waals surface area contributed by atoms with Crippen molar-refractivity contribution in [3.63, 3.8) is 0 Å². The molecular weight excluding hydrogens is 278 g/mol. The molecule has 1 aromatic heterocycles. The Hall–Kier alpha value is -2.40. The van der Waals surface area contributed by atoms with E-state index in [0.29, 0.717) is 18.7 Å². The third kappa shape index (κ3) is 3.43. The Labute approximate surface area is 129 Å². The summed E-state index contributed by atoms with van der Waals surface area (Å²) in [6, 6.07) is 13.0. The summed E-state index contributed by atoms with van der Waals surface area (Å²) < 4.78 is 5.66. The summed E-state index contributed by atoms with van der Waals surface area (Å²) >= 11 is 0. The summed E-state index contributed by atoms with van der Waals surface area (Å²) in [5, 5.41) is 0. The maximum absolute atomic E-state index is 12.3. The average molecular weight is 297 g/mol. The standard InChI is InChI=1S/C17H19N3O2/c18-14-8-10-20(11-14)17(21)13-4-6-16(7-5-13)22-12-15-3-1-2-9-19-15/h1-7,9,14H,8,10-12,18H2/t14-/m0/s1. The predicted molar refractivity (Wildman–Crippen MR) is 83.5 cm³/mol. The smallest absolute Gasteiger partial charge is 0.253 e. The van der Waals surface area contributed by atoms with Crippen molar-refractivity contribution in [3.8, 4) is 5.75 Å². The number of amides is 1. The number of hydrogen-bond acceptors (Lipinski definition) is 4. The van der Waals surface area contributed by atoms with Crippen molar-refractivity contribution in [3.05, 3.63) is 59.9 Å². The monoisotopic (exact) mass is 297 g/mol. The van der Waals surface area contributed by atoms with Crippen LogP contribution in [0.3, 0.4) is 0 Å². The molecular formula is C17H19N3O2. The Bertz CT molecular complexity index is 628. The van der Waals surface area contributed by atoms with Crippen LogP contribution in [0.5, 0.6) is 5.75 Å². The highest BCUT2D eigenvalue weighted by Crippen LogP contribution is 2.17. The molecule has 0 bridgehead atoms. The van der Waals surface area contributed by atoms with Crippen LogP contribution < -0.4 is 10.5 Å². The second-order valence-corrected chi connectivity index (χ2v) is 5.43. The van der Waals surface area contributed by atoms with E-state index >= 15 is 0 Å². The minimum absolute atomic E-state index is 0.0317. The quantitative estimate of drug-likeness (QED) is 0.935. The van der Waals surface area contributed by atoms with E-state index in [1.807, 2.05) is 30.3 Å². The second-order valence-electron chi connectivity index (χ2n) is 5.43. The first kappa shape index (κ1) is 14.5. The highest BCUT2D eigenvalue weighted by molar-refractivity contribution is 5.94. The molecule has 1 saturated heterocycles. The lowest BCUT2D eigenvalue weighted by molar-refractivity contribution is 0.0791. The highest BCUT2D eigenvalue weighted by Gasteiger charge is 2.24. The molecule has 1 aromatic carbocycles. The molecule has 1 atom stereocenters. The fourth-order valence-corrected chi connectivity index (χ4v) is 2.49. The number of rotatable bonds is 4. The van der Waals surface area contributed by atoms with E-state index < -0.39 is 0 Å². The van der Waals surface area contributed by atoms with Gasteiger partial charge in [-0.1, -0.05) is 6.07 Å². The summed E-state index contributed by atoms with van der Waals surface area (Å²) in [7, 11) is 0. The number of benzene rings is 1. The van der Waals surface area contributed by atoms with Gasteiger partial charge >= 0.3 is 0 Å². The van der Waals surface area contributed by atoms with Gasteiger partial charge in [-0.25, -0.2) is 0 Å². The minimum atomic E-state index is 0.0317. The van der Waals surface area contributed by atoms with Gasteiger partial charge in [0, 0.05) is 30.9 Å².